The number of benzene rings is 2. The summed E-state index contributed by atoms with van der Waals surface area (Å²) in [6, 6.07) is 12.0. The number of hydrogen-bond acceptors (Lipinski definition) is 8. The van der Waals surface area contributed by atoms with Crippen molar-refractivity contribution >= 4 is 27.0 Å². The largest absolute Gasteiger partial charge is 0.493 e. The lowest BCUT2D eigenvalue weighted by Crippen LogP contribution is -2.26. The van der Waals surface area contributed by atoms with Crippen molar-refractivity contribution in [3.63, 3.8) is 0 Å². The van der Waals surface area contributed by atoms with E-state index in [-0.39, 0.29) is 21.5 Å². The monoisotopic (exact) mass is 475 g/mol. The first-order valence-electron chi connectivity index (χ1n) is 9.23. The molecule has 0 unspecified atom stereocenters. The number of hydrogen-bond donors (Lipinski definition) is 0. The molecular weight excluding hydrogens is 457 g/mol. The van der Waals surface area contributed by atoms with Crippen LogP contribution in [0.3, 0.4) is 0 Å². The van der Waals surface area contributed by atoms with E-state index in [0.717, 1.165) is 15.6 Å². The van der Waals surface area contributed by atoms with Crippen molar-refractivity contribution in [1.82, 2.24) is 10.1 Å². The van der Waals surface area contributed by atoms with E-state index in [1.54, 1.807) is 29.6 Å². The van der Waals surface area contributed by atoms with E-state index in [9.17, 15) is 12.8 Å². The maximum atomic E-state index is 13.5. The molecule has 32 heavy (non-hydrogen) atoms. The van der Waals surface area contributed by atoms with Crippen molar-refractivity contribution in [1.29, 1.82) is 0 Å². The first kappa shape index (κ1) is 21.8. The van der Waals surface area contributed by atoms with Crippen LogP contribution in [-0.4, -0.2) is 39.8 Å². The Morgan fingerprint density at radius 3 is 2.56 bits per heavy atom. The Morgan fingerprint density at radius 1 is 1.06 bits per heavy atom. The average molecular weight is 476 g/mol. The topological polar surface area (TPSA) is 94.8 Å². The Balaban J connectivity index is 1.70. The number of rotatable bonds is 7. The standard InChI is InChI=1S/C21H18FN3O5S2/c1-25(15-7-8-16(28-2)17(12-15)29-3)32(26,27)18-9-10-31-19(18)21-23-20(24-30-21)13-5-4-6-14(22)11-13/h4-12H,1-3H3. The van der Waals surface area contributed by atoms with Gasteiger partial charge in [0.2, 0.25) is 5.82 Å². The summed E-state index contributed by atoms with van der Waals surface area (Å²) >= 11 is 1.15. The van der Waals surface area contributed by atoms with E-state index in [1.165, 1.54) is 45.5 Å². The van der Waals surface area contributed by atoms with Gasteiger partial charge in [0, 0.05) is 18.7 Å². The molecule has 0 aliphatic heterocycles. The molecule has 0 aliphatic carbocycles. The summed E-state index contributed by atoms with van der Waals surface area (Å²) in [6.07, 6.45) is 0. The second-order valence-electron chi connectivity index (χ2n) is 6.56. The summed E-state index contributed by atoms with van der Waals surface area (Å²) < 4.78 is 57.2. The Hall–Kier alpha value is -3.44. The fourth-order valence-electron chi connectivity index (χ4n) is 3.02. The molecule has 0 amide bonds. The minimum atomic E-state index is -3.97. The maximum absolute atomic E-state index is 13.5. The third-order valence-electron chi connectivity index (χ3n) is 4.70. The van der Waals surface area contributed by atoms with E-state index < -0.39 is 15.8 Å². The molecule has 2 aromatic heterocycles. The quantitative estimate of drug-likeness (QED) is 0.390. The first-order chi connectivity index (χ1) is 15.3. The van der Waals surface area contributed by atoms with Gasteiger partial charge in [-0.3, -0.25) is 4.31 Å². The van der Waals surface area contributed by atoms with Crippen molar-refractivity contribution < 1.29 is 26.8 Å². The molecule has 0 bridgehead atoms. The third kappa shape index (κ3) is 3.92. The molecule has 0 spiro atoms. The van der Waals surface area contributed by atoms with Gasteiger partial charge in [0.25, 0.3) is 15.9 Å². The van der Waals surface area contributed by atoms with Gasteiger partial charge in [-0.1, -0.05) is 17.3 Å². The van der Waals surface area contributed by atoms with Gasteiger partial charge in [-0.05, 0) is 35.7 Å². The van der Waals surface area contributed by atoms with Crippen LogP contribution in [0.1, 0.15) is 0 Å². The van der Waals surface area contributed by atoms with Crippen LogP contribution in [0, 0.1) is 5.82 Å². The number of thiophene rings is 1. The summed E-state index contributed by atoms with van der Waals surface area (Å²) in [7, 11) is 0.429. The Bertz CT molecular complexity index is 1370. The number of anilines is 1. The molecule has 166 valence electrons. The molecule has 4 rings (SSSR count). The van der Waals surface area contributed by atoms with Crippen LogP contribution in [0.15, 0.2) is 63.3 Å². The Morgan fingerprint density at radius 2 is 1.84 bits per heavy atom. The molecule has 0 saturated carbocycles. The smallest absolute Gasteiger partial charge is 0.269 e. The van der Waals surface area contributed by atoms with E-state index >= 15 is 0 Å². The van der Waals surface area contributed by atoms with Crippen molar-refractivity contribution in [3.8, 4) is 33.7 Å². The van der Waals surface area contributed by atoms with E-state index in [4.69, 9.17) is 14.0 Å². The highest BCUT2D eigenvalue weighted by Gasteiger charge is 2.29. The zero-order valence-electron chi connectivity index (χ0n) is 17.3. The predicted octanol–water partition coefficient (Wildman–Crippen LogP) is 4.45. The highest BCUT2D eigenvalue weighted by molar-refractivity contribution is 7.93. The summed E-state index contributed by atoms with van der Waals surface area (Å²) in [5.74, 6) is 0.621. The van der Waals surface area contributed by atoms with Gasteiger partial charge in [0.1, 0.15) is 15.6 Å². The maximum Gasteiger partial charge on any atom is 0.269 e. The highest BCUT2D eigenvalue weighted by atomic mass is 32.2. The SMILES string of the molecule is COc1ccc(N(C)S(=O)(=O)c2ccsc2-c2nc(-c3cccc(F)c3)no2)cc1OC. The van der Waals surface area contributed by atoms with Crippen molar-refractivity contribution in [3.05, 3.63) is 59.7 Å². The lowest BCUT2D eigenvalue weighted by molar-refractivity contribution is 0.355. The van der Waals surface area contributed by atoms with Crippen molar-refractivity contribution in [2.45, 2.75) is 4.90 Å². The van der Waals surface area contributed by atoms with E-state index in [1.807, 2.05) is 0 Å². The molecule has 8 nitrogen and oxygen atoms in total. The van der Waals surface area contributed by atoms with Gasteiger partial charge in [-0.15, -0.1) is 11.3 Å². The fourth-order valence-corrected chi connectivity index (χ4v) is 5.53. The molecule has 0 radical (unpaired) electrons. The normalized spacial score (nSPS) is 11.4. The minimum Gasteiger partial charge on any atom is -0.493 e. The summed E-state index contributed by atoms with van der Waals surface area (Å²) in [4.78, 5) is 4.56. The molecule has 0 N–H and O–H groups in total. The lowest BCUT2D eigenvalue weighted by Gasteiger charge is -2.20. The molecule has 2 heterocycles. The Kier molecular flexibility index (Phi) is 5.85. The van der Waals surface area contributed by atoms with Crippen molar-refractivity contribution in [2.75, 3.05) is 25.6 Å². The van der Waals surface area contributed by atoms with Crippen LogP contribution < -0.4 is 13.8 Å². The number of halogens is 1. The van der Waals surface area contributed by atoms with Crippen LogP contribution >= 0.6 is 11.3 Å². The molecule has 0 fully saturated rings. The van der Waals surface area contributed by atoms with Crippen LogP contribution in [0.4, 0.5) is 10.1 Å². The van der Waals surface area contributed by atoms with Crippen LogP contribution in [0.2, 0.25) is 0 Å². The summed E-state index contributed by atoms with van der Waals surface area (Å²) in [5.41, 5.74) is 0.800. The molecule has 11 heteroatoms. The van der Waals surface area contributed by atoms with Gasteiger partial charge < -0.3 is 14.0 Å². The predicted molar refractivity (Wildman–Crippen MR) is 118 cm³/mol. The second kappa shape index (κ2) is 8.60. The number of aromatic nitrogens is 2. The molecular formula is C21H18FN3O5S2. The number of methoxy groups -OCH3 is 2. The number of sulfonamides is 1. The lowest BCUT2D eigenvalue weighted by atomic mass is 10.2. The van der Waals surface area contributed by atoms with Gasteiger partial charge >= 0.3 is 0 Å². The van der Waals surface area contributed by atoms with Gasteiger partial charge in [0.05, 0.1) is 19.9 Å². The summed E-state index contributed by atoms with van der Waals surface area (Å²) in [6.45, 7) is 0. The Labute approximate surface area is 187 Å². The third-order valence-corrected chi connectivity index (χ3v) is 7.56. The molecule has 0 atom stereocenters. The number of nitrogens with zero attached hydrogens (tertiary/aromatic N) is 3. The zero-order chi connectivity index (χ0) is 22.9. The van der Waals surface area contributed by atoms with Gasteiger partial charge in [-0.2, -0.15) is 4.98 Å². The zero-order valence-corrected chi connectivity index (χ0v) is 18.9. The summed E-state index contributed by atoms with van der Waals surface area (Å²) in [5, 5.41) is 5.49. The number of ether oxygens (including phenoxy) is 2. The average Bonchev–Trinajstić information content (AvgIpc) is 3.48. The fraction of sp³-hybridized carbons (Fsp3) is 0.143. The van der Waals surface area contributed by atoms with E-state index in [2.05, 4.69) is 10.1 Å². The van der Waals surface area contributed by atoms with Crippen molar-refractivity contribution in [2.24, 2.45) is 0 Å². The molecule has 0 aliphatic rings. The van der Waals surface area contributed by atoms with Crippen LogP contribution in [-0.2, 0) is 10.0 Å². The molecule has 2 aromatic carbocycles. The second-order valence-corrected chi connectivity index (χ2v) is 9.41. The van der Waals surface area contributed by atoms with Crippen LogP contribution in [0.25, 0.3) is 22.2 Å². The van der Waals surface area contributed by atoms with Gasteiger partial charge in [0.15, 0.2) is 11.5 Å². The minimum absolute atomic E-state index is 0.00854. The van der Waals surface area contributed by atoms with Crippen LogP contribution in [0.5, 0.6) is 11.5 Å². The molecule has 0 saturated heterocycles. The highest BCUT2D eigenvalue weighted by Crippen LogP contribution is 2.37. The van der Waals surface area contributed by atoms with E-state index in [0.29, 0.717) is 22.7 Å². The van der Waals surface area contributed by atoms with Gasteiger partial charge in [-0.25, -0.2) is 12.8 Å². The first-order valence-corrected chi connectivity index (χ1v) is 11.6. The molecule has 4 aromatic rings.